The van der Waals surface area contributed by atoms with E-state index in [2.05, 4.69) is 76.2 Å². The predicted octanol–water partition coefficient (Wildman–Crippen LogP) is 9.96. The van der Waals surface area contributed by atoms with E-state index in [0.29, 0.717) is 0 Å². The molecule has 0 heterocycles. The third-order valence-corrected chi connectivity index (χ3v) is 7.90. The van der Waals surface area contributed by atoms with Gasteiger partial charge in [0.25, 0.3) is 0 Å². The van der Waals surface area contributed by atoms with Crippen molar-refractivity contribution in [1.29, 1.82) is 0 Å². The van der Waals surface area contributed by atoms with Crippen LogP contribution in [-0.2, 0) is 0 Å². The fraction of sp³-hybridized carbons (Fsp3) is 0.571. The minimum Gasteiger partial charge on any atom is -0.491 e. The minimum atomic E-state index is 0.277. The van der Waals surface area contributed by atoms with Crippen LogP contribution in [0.3, 0.4) is 0 Å². The van der Waals surface area contributed by atoms with Crippen molar-refractivity contribution >= 4 is 21.6 Å². The first-order chi connectivity index (χ1) is 15.6. The molecule has 2 rings (SSSR count). The molecule has 0 saturated carbocycles. The van der Waals surface area contributed by atoms with Gasteiger partial charge < -0.3 is 9.47 Å². The van der Waals surface area contributed by atoms with E-state index < -0.39 is 0 Å². The van der Waals surface area contributed by atoms with Crippen LogP contribution in [0.15, 0.2) is 58.3 Å². The molecule has 0 spiro atoms. The molecule has 0 bridgehead atoms. The molecule has 4 heteroatoms. The van der Waals surface area contributed by atoms with E-state index in [9.17, 15) is 0 Å². The molecule has 0 N–H and O–H groups in total. The number of hydrogen-bond donors (Lipinski definition) is 0. The van der Waals surface area contributed by atoms with Gasteiger partial charge in [-0.15, -0.1) is 0 Å². The minimum absolute atomic E-state index is 0.277. The summed E-state index contributed by atoms with van der Waals surface area (Å²) in [7, 11) is 3.55. The Morgan fingerprint density at radius 2 is 0.938 bits per heavy atom. The normalized spacial score (nSPS) is 13.0. The monoisotopic (exact) mass is 474 g/mol. The van der Waals surface area contributed by atoms with Gasteiger partial charge >= 0.3 is 0 Å². The van der Waals surface area contributed by atoms with Crippen molar-refractivity contribution in [2.75, 3.05) is 0 Å². The third kappa shape index (κ3) is 11.6. The fourth-order valence-electron chi connectivity index (χ4n) is 3.54. The van der Waals surface area contributed by atoms with Gasteiger partial charge in [-0.25, -0.2) is 0 Å². The van der Waals surface area contributed by atoms with Gasteiger partial charge in [0.05, 0.1) is 12.2 Å². The lowest BCUT2D eigenvalue weighted by Crippen LogP contribution is -2.11. The second kappa shape index (κ2) is 16.4. The summed E-state index contributed by atoms with van der Waals surface area (Å²) in [6, 6.07) is 16.9. The Labute approximate surface area is 204 Å². The first-order valence-electron chi connectivity index (χ1n) is 12.5. The Kier molecular flexibility index (Phi) is 13.8. The van der Waals surface area contributed by atoms with Crippen LogP contribution in [0.5, 0.6) is 11.5 Å². The highest BCUT2D eigenvalue weighted by Gasteiger charge is 2.06. The van der Waals surface area contributed by atoms with Crippen LogP contribution in [0.25, 0.3) is 0 Å². The highest BCUT2D eigenvalue weighted by atomic mass is 33.1. The Morgan fingerprint density at radius 3 is 1.28 bits per heavy atom. The molecular formula is C28H42O2S2. The van der Waals surface area contributed by atoms with Crippen LogP contribution in [0, 0.1) is 0 Å². The van der Waals surface area contributed by atoms with E-state index in [-0.39, 0.29) is 12.2 Å². The first kappa shape index (κ1) is 27.0. The van der Waals surface area contributed by atoms with Crippen LogP contribution >= 0.6 is 21.6 Å². The lowest BCUT2D eigenvalue weighted by molar-refractivity contribution is 0.206. The van der Waals surface area contributed by atoms with Gasteiger partial charge in [-0.3, -0.25) is 0 Å². The van der Waals surface area contributed by atoms with E-state index in [1.165, 1.54) is 61.2 Å². The zero-order valence-corrected chi connectivity index (χ0v) is 22.1. The van der Waals surface area contributed by atoms with Crippen molar-refractivity contribution in [1.82, 2.24) is 0 Å². The number of ether oxygens (including phenoxy) is 2. The maximum atomic E-state index is 6.06. The molecule has 2 aromatic rings. The summed E-state index contributed by atoms with van der Waals surface area (Å²) < 4.78 is 12.1. The van der Waals surface area contributed by atoms with Gasteiger partial charge in [0.1, 0.15) is 11.5 Å². The molecule has 2 unspecified atom stereocenters. The zero-order valence-electron chi connectivity index (χ0n) is 20.5. The molecule has 0 amide bonds. The smallest absolute Gasteiger partial charge is 0.119 e. The van der Waals surface area contributed by atoms with Gasteiger partial charge in [-0.05, 0) is 88.1 Å². The van der Waals surface area contributed by atoms with E-state index >= 15 is 0 Å². The van der Waals surface area contributed by atoms with Crippen LogP contribution < -0.4 is 9.47 Å². The third-order valence-electron chi connectivity index (χ3n) is 5.48. The van der Waals surface area contributed by atoms with Crippen molar-refractivity contribution in [2.24, 2.45) is 0 Å². The Bertz CT molecular complexity index is 652. The second-order valence-corrected chi connectivity index (χ2v) is 10.9. The van der Waals surface area contributed by atoms with Crippen molar-refractivity contribution in [3.8, 4) is 11.5 Å². The lowest BCUT2D eigenvalue weighted by atomic mass is 10.1. The molecule has 0 aromatic heterocycles. The summed E-state index contributed by atoms with van der Waals surface area (Å²) in [4.78, 5) is 2.47. The number of rotatable bonds is 17. The molecule has 2 nitrogen and oxygen atoms in total. The topological polar surface area (TPSA) is 18.5 Å². The van der Waals surface area contributed by atoms with E-state index in [0.717, 1.165) is 24.3 Å². The molecular weight excluding hydrogens is 432 g/mol. The molecule has 0 aliphatic rings. The zero-order chi connectivity index (χ0) is 23.0. The highest BCUT2D eigenvalue weighted by molar-refractivity contribution is 8.76. The first-order valence-corrected chi connectivity index (χ1v) is 14.6. The SMILES string of the molecule is CCCCCCC(C)Oc1ccc(SSc2ccc(OC(C)CCCCCC)cc2)cc1. The van der Waals surface area contributed by atoms with E-state index in [1.807, 2.05) is 0 Å². The van der Waals surface area contributed by atoms with E-state index in [1.54, 1.807) is 21.6 Å². The summed E-state index contributed by atoms with van der Waals surface area (Å²) in [5.74, 6) is 1.93. The van der Waals surface area contributed by atoms with Crippen molar-refractivity contribution < 1.29 is 9.47 Å². The summed E-state index contributed by atoms with van der Waals surface area (Å²) in [6.45, 7) is 8.84. The molecule has 0 saturated heterocycles. The molecule has 2 aromatic carbocycles. The van der Waals surface area contributed by atoms with Crippen molar-refractivity contribution in [3.05, 3.63) is 48.5 Å². The van der Waals surface area contributed by atoms with Crippen LogP contribution in [-0.4, -0.2) is 12.2 Å². The average molecular weight is 475 g/mol. The van der Waals surface area contributed by atoms with Crippen LogP contribution in [0.2, 0.25) is 0 Å². The lowest BCUT2D eigenvalue weighted by Gasteiger charge is -2.15. The van der Waals surface area contributed by atoms with Gasteiger partial charge in [-0.2, -0.15) is 0 Å². The summed E-state index contributed by atoms with van der Waals surface area (Å²) in [6.07, 6.45) is 13.1. The fourth-order valence-corrected chi connectivity index (χ4v) is 5.47. The van der Waals surface area contributed by atoms with Crippen molar-refractivity contribution in [2.45, 2.75) is 114 Å². The molecule has 0 radical (unpaired) electrons. The standard InChI is InChI=1S/C28H42O2S2/c1-5-7-9-11-13-23(3)29-25-15-19-27(20-16-25)31-32-28-21-17-26(18-22-28)30-24(4)14-12-10-8-6-2/h15-24H,5-14H2,1-4H3. The van der Waals surface area contributed by atoms with Gasteiger partial charge in [0, 0.05) is 9.79 Å². The Morgan fingerprint density at radius 1 is 0.562 bits per heavy atom. The predicted molar refractivity (Wildman–Crippen MR) is 142 cm³/mol. The summed E-state index contributed by atoms with van der Waals surface area (Å²) >= 11 is 0. The van der Waals surface area contributed by atoms with Gasteiger partial charge in [0.2, 0.25) is 0 Å². The van der Waals surface area contributed by atoms with Crippen molar-refractivity contribution in [3.63, 3.8) is 0 Å². The molecule has 178 valence electrons. The van der Waals surface area contributed by atoms with Gasteiger partial charge in [0.15, 0.2) is 0 Å². The molecule has 0 fully saturated rings. The summed E-state index contributed by atoms with van der Waals surface area (Å²) in [5, 5.41) is 0. The number of hydrogen-bond acceptors (Lipinski definition) is 4. The molecule has 0 aliphatic heterocycles. The Balaban J connectivity index is 1.69. The number of benzene rings is 2. The quantitative estimate of drug-likeness (QED) is 0.168. The largest absolute Gasteiger partial charge is 0.491 e. The Hall–Kier alpha value is -1.26. The maximum Gasteiger partial charge on any atom is 0.119 e. The number of unbranched alkanes of at least 4 members (excludes halogenated alkanes) is 6. The van der Waals surface area contributed by atoms with Crippen LogP contribution in [0.4, 0.5) is 0 Å². The average Bonchev–Trinajstić information content (AvgIpc) is 2.80. The maximum absolute atomic E-state index is 6.06. The van der Waals surface area contributed by atoms with Gasteiger partial charge in [-0.1, -0.05) is 74.0 Å². The molecule has 32 heavy (non-hydrogen) atoms. The second-order valence-electron chi connectivity index (χ2n) is 8.67. The molecule has 2 atom stereocenters. The highest BCUT2D eigenvalue weighted by Crippen LogP contribution is 2.38. The molecule has 0 aliphatic carbocycles. The van der Waals surface area contributed by atoms with Crippen LogP contribution in [0.1, 0.15) is 91.9 Å². The summed E-state index contributed by atoms with van der Waals surface area (Å²) in [5.41, 5.74) is 0. The van der Waals surface area contributed by atoms with E-state index in [4.69, 9.17) is 9.47 Å².